The van der Waals surface area contributed by atoms with Gasteiger partial charge in [0.25, 0.3) is 0 Å². The molecule has 0 radical (unpaired) electrons. The molecule has 0 aromatic rings. The van der Waals surface area contributed by atoms with E-state index in [1.165, 1.54) is 0 Å². The molecule has 4 nitrogen and oxygen atoms in total. The quantitative estimate of drug-likeness (QED) is 0.631. The number of morpholine rings is 1. The van der Waals surface area contributed by atoms with Crippen LogP contribution in [0.2, 0.25) is 0 Å². The molecule has 80 valence electrons. The van der Waals surface area contributed by atoms with Crippen LogP contribution in [0.15, 0.2) is 0 Å². The average Bonchev–Trinajstić information content (AvgIpc) is 2.59. The molecular formula is C10H18N2O2. The first-order valence-corrected chi connectivity index (χ1v) is 5.34. The summed E-state index contributed by atoms with van der Waals surface area (Å²) in [4.78, 5) is 11.3. The SMILES string of the molecule is CC1CNC2(CCCC2)C(C(N)=O)O1. The van der Waals surface area contributed by atoms with Crippen molar-refractivity contribution in [2.24, 2.45) is 5.73 Å². The topological polar surface area (TPSA) is 64.3 Å². The lowest BCUT2D eigenvalue weighted by atomic mass is 9.88. The van der Waals surface area contributed by atoms with Gasteiger partial charge in [-0.05, 0) is 19.8 Å². The summed E-state index contributed by atoms with van der Waals surface area (Å²) in [7, 11) is 0. The van der Waals surface area contributed by atoms with Crippen LogP contribution in [0.3, 0.4) is 0 Å². The van der Waals surface area contributed by atoms with Crippen molar-refractivity contribution in [1.29, 1.82) is 0 Å². The van der Waals surface area contributed by atoms with Crippen LogP contribution in [0.4, 0.5) is 0 Å². The molecule has 1 amide bonds. The van der Waals surface area contributed by atoms with Gasteiger partial charge in [-0.15, -0.1) is 0 Å². The highest BCUT2D eigenvalue weighted by molar-refractivity contribution is 5.80. The number of rotatable bonds is 1. The first kappa shape index (κ1) is 9.93. The maximum Gasteiger partial charge on any atom is 0.248 e. The van der Waals surface area contributed by atoms with Crippen molar-refractivity contribution in [1.82, 2.24) is 5.32 Å². The van der Waals surface area contributed by atoms with Crippen molar-refractivity contribution < 1.29 is 9.53 Å². The predicted molar refractivity (Wildman–Crippen MR) is 52.7 cm³/mol. The minimum atomic E-state index is -0.436. The van der Waals surface area contributed by atoms with E-state index >= 15 is 0 Å². The van der Waals surface area contributed by atoms with E-state index in [9.17, 15) is 4.79 Å². The minimum absolute atomic E-state index is 0.0822. The monoisotopic (exact) mass is 198 g/mol. The zero-order chi connectivity index (χ0) is 10.2. The molecule has 1 aliphatic carbocycles. The van der Waals surface area contributed by atoms with Crippen LogP contribution in [0.1, 0.15) is 32.6 Å². The predicted octanol–water partition coefficient (Wildman–Crippen LogP) is 0.161. The van der Waals surface area contributed by atoms with Crippen molar-refractivity contribution in [3.8, 4) is 0 Å². The Morgan fingerprint density at radius 3 is 2.71 bits per heavy atom. The van der Waals surface area contributed by atoms with Crippen molar-refractivity contribution in [3.63, 3.8) is 0 Å². The van der Waals surface area contributed by atoms with Crippen molar-refractivity contribution in [3.05, 3.63) is 0 Å². The summed E-state index contributed by atoms with van der Waals surface area (Å²) in [6.07, 6.45) is 3.98. The molecule has 0 aromatic heterocycles. The maximum atomic E-state index is 11.3. The molecule has 0 bridgehead atoms. The number of nitrogens with one attached hydrogen (secondary N) is 1. The summed E-state index contributed by atoms with van der Waals surface area (Å²) in [5.41, 5.74) is 5.23. The lowest BCUT2D eigenvalue weighted by molar-refractivity contribution is -0.147. The van der Waals surface area contributed by atoms with Gasteiger partial charge in [0, 0.05) is 6.54 Å². The molecule has 2 atom stereocenters. The van der Waals surface area contributed by atoms with Crippen molar-refractivity contribution in [2.45, 2.75) is 50.4 Å². The Morgan fingerprint density at radius 2 is 2.14 bits per heavy atom. The van der Waals surface area contributed by atoms with Gasteiger partial charge < -0.3 is 15.8 Å². The molecule has 2 fully saturated rings. The normalized spacial score (nSPS) is 36.1. The zero-order valence-corrected chi connectivity index (χ0v) is 8.58. The lowest BCUT2D eigenvalue weighted by Crippen LogP contribution is -2.64. The number of ether oxygens (including phenoxy) is 1. The number of nitrogens with two attached hydrogens (primary N) is 1. The molecule has 2 unspecified atom stereocenters. The summed E-state index contributed by atoms with van der Waals surface area (Å²) in [5, 5.41) is 3.45. The molecule has 2 aliphatic rings. The van der Waals surface area contributed by atoms with Crippen LogP contribution < -0.4 is 11.1 Å². The third kappa shape index (κ3) is 1.53. The lowest BCUT2D eigenvalue weighted by Gasteiger charge is -2.43. The Hall–Kier alpha value is -0.610. The molecule has 0 aromatic carbocycles. The smallest absolute Gasteiger partial charge is 0.248 e. The number of amides is 1. The second-order valence-corrected chi connectivity index (χ2v) is 4.47. The van der Waals surface area contributed by atoms with Gasteiger partial charge >= 0.3 is 0 Å². The summed E-state index contributed by atoms with van der Waals surface area (Å²) in [6.45, 7) is 2.79. The van der Waals surface area contributed by atoms with E-state index < -0.39 is 6.10 Å². The van der Waals surface area contributed by atoms with Crippen LogP contribution in [-0.4, -0.2) is 30.2 Å². The maximum absolute atomic E-state index is 11.3. The molecule has 1 saturated carbocycles. The van der Waals surface area contributed by atoms with Gasteiger partial charge in [-0.3, -0.25) is 4.79 Å². The molecule has 14 heavy (non-hydrogen) atoms. The van der Waals surface area contributed by atoms with E-state index in [2.05, 4.69) is 5.32 Å². The van der Waals surface area contributed by atoms with E-state index in [4.69, 9.17) is 10.5 Å². The van der Waals surface area contributed by atoms with Crippen LogP contribution in [-0.2, 0) is 9.53 Å². The Kier molecular flexibility index (Phi) is 2.49. The van der Waals surface area contributed by atoms with Gasteiger partial charge in [-0.2, -0.15) is 0 Å². The molecule has 4 heteroatoms. The molecule has 1 saturated heterocycles. The molecule has 1 aliphatic heterocycles. The number of carbonyl (C=O) groups excluding carboxylic acids is 1. The van der Waals surface area contributed by atoms with Crippen molar-refractivity contribution >= 4 is 5.91 Å². The largest absolute Gasteiger partial charge is 0.367 e. The van der Waals surface area contributed by atoms with E-state index in [-0.39, 0.29) is 17.6 Å². The average molecular weight is 198 g/mol. The summed E-state index contributed by atoms with van der Waals surface area (Å²) >= 11 is 0. The van der Waals surface area contributed by atoms with Crippen molar-refractivity contribution in [2.75, 3.05) is 6.54 Å². The first-order valence-electron chi connectivity index (χ1n) is 5.34. The standard InChI is InChI=1S/C10H18N2O2/c1-7-6-12-10(4-2-3-5-10)8(14-7)9(11)13/h7-8,12H,2-6H2,1H3,(H2,11,13). The van der Waals surface area contributed by atoms with E-state index in [0.717, 1.165) is 32.2 Å². The fourth-order valence-electron chi connectivity index (χ4n) is 2.63. The fourth-order valence-corrected chi connectivity index (χ4v) is 2.63. The summed E-state index contributed by atoms with van der Waals surface area (Å²) in [6, 6.07) is 0. The van der Waals surface area contributed by atoms with Gasteiger partial charge in [-0.1, -0.05) is 12.8 Å². The van der Waals surface area contributed by atoms with Crippen LogP contribution in [0, 0.1) is 0 Å². The van der Waals surface area contributed by atoms with E-state index in [1.807, 2.05) is 6.92 Å². The molecular weight excluding hydrogens is 180 g/mol. The van der Waals surface area contributed by atoms with Gasteiger partial charge in [0.15, 0.2) is 6.10 Å². The molecule has 1 heterocycles. The van der Waals surface area contributed by atoms with Gasteiger partial charge in [0.05, 0.1) is 11.6 Å². The Labute approximate surface area is 84.2 Å². The molecule has 2 rings (SSSR count). The first-order chi connectivity index (χ1) is 6.64. The Balaban J connectivity index is 2.17. The summed E-state index contributed by atoms with van der Waals surface area (Å²) in [5.74, 6) is -0.328. The zero-order valence-electron chi connectivity index (χ0n) is 8.58. The van der Waals surface area contributed by atoms with Crippen LogP contribution >= 0.6 is 0 Å². The number of hydrogen-bond acceptors (Lipinski definition) is 3. The van der Waals surface area contributed by atoms with E-state index in [1.54, 1.807) is 0 Å². The fraction of sp³-hybridized carbons (Fsp3) is 0.900. The summed E-state index contributed by atoms with van der Waals surface area (Å²) < 4.78 is 5.65. The Bertz CT molecular complexity index is 236. The highest BCUT2D eigenvalue weighted by Crippen LogP contribution is 2.36. The molecule has 1 spiro atoms. The Morgan fingerprint density at radius 1 is 1.50 bits per heavy atom. The second-order valence-electron chi connectivity index (χ2n) is 4.47. The van der Waals surface area contributed by atoms with Gasteiger partial charge in [0.2, 0.25) is 5.91 Å². The van der Waals surface area contributed by atoms with Gasteiger partial charge in [0.1, 0.15) is 0 Å². The highest BCUT2D eigenvalue weighted by atomic mass is 16.5. The highest BCUT2D eigenvalue weighted by Gasteiger charge is 2.48. The van der Waals surface area contributed by atoms with Crippen LogP contribution in [0.25, 0.3) is 0 Å². The number of primary amides is 1. The molecule has 3 N–H and O–H groups in total. The third-order valence-electron chi connectivity index (χ3n) is 3.37. The van der Waals surface area contributed by atoms with Gasteiger partial charge in [-0.25, -0.2) is 0 Å². The number of carbonyl (C=O) groups is 1. The van der Waals surface area contributed by atoms with Crippen LogP contribution in [0.5, 0.6) is 0 Å². The minimum Gasteiger partial charge on any atom is -0.367 e. The van der Waals surface area contributed by atoms with E-state index in [0.29, 0.717) is 0 Å². The third-order valence-corrected chi connectivity index (χ3v) is 3.37. The number of hydrogen-bond donors (Lipinski definition) is 2. The second kappa shape index (κ2) is 3.51.